The molecular weight excluding hydrogens is 407 g/mol. The van der Waals surface area contributed by atoms with Gasteiger partial charge in [-0.05, 0) is 44.5 Å². The molecule has 1 aliphatic heterocycles. The minimum absolute atomic E-state index is 0.102. The molecule has 0 radical (unpaired) electrons. The number of nitrogens with zero attached hydrogens (tertiary/aromatic N) is 5. The van der Waals surface area contributed by atoms with Crippen LogP contribution in [0.3, 0.4) is 0 Å². The molecule has 1 atom stereocenters. The Labute approximate surface area is 186 Å². The van der Waals surface area contributed by atoms with Gasteiger partial charge in [-0.25, -0.2) is 19.0 Å². The van der Waals surface area contributed by atoms with Crippen LogP contribution in [-0.2, 0) is 6.54 Å². The van der Waals surface area contributed by atoms with E-state index in [1.54, 1.807) is 19.1 Å². The van der Waals surface area contributed by atoms with Crippen molar-refractivity contribution in [1.29, 1.82) is 0 Å². The summed E-state index contributed by atoms with van der Waals surface area (Å²) in [6, 6.07) is 4.85. The Bertz CT molecular complexity index is 1180. The van der Waals surface area contributed by atoms with Crippen LogP contribution in [0.5, 0.6) is 0 Å². The molecule has 3 N–H and O–H groups in total. The molecule has 0 amide bonds. The number of allylic oxidation sites excluding steroid dienone is 3. The van der Waals surface area contributed by atoms with Crippen molar-refractivity contribution >= 4 is 17.5 Å². The molecule has 32 heavy (non-hydrogen) atoms. The molecule has 1 aromatic carbocycles. The van der Waals surface area contributed by atoms with Crippen molar-refractivity contribution in [2.24, 2.45) is 0 Å². The van der Waals surface area contributed by atoms with Crippen LogP contribution in [0.2, 0.25) is 0 Å². The van der Waals surface area contributed by atoms with E-state index < -0.39 is 5.82 Å². The third-order valence-corrected chi connectivity index (χ3v) is 5.50. The van der Waals surface area contributed by atoms with Gasteiger partial charge in [0.2, 0.25) is 5.95 Å². The lowest BCUT2D eigenvalue weighted by atomic mass is 9.89. The van der Waals surface area contributed by atoms with Gasteiger partial charge in [0, 0.05) is 37.3 Å². The third-order valence-electron chi connectivity index (χ3n) is 5.50. The number of aryl methyl sites for hydroxylation is 1. The maximum absolute atomic E-state index is 14.8. The summed E-state index contributed by atoms with van der Waals surface area (Å²) >= 11 is 0. The topological polar surface area (TPSA) is 92.6 Å². The molecule has 0 spiro atoms. The summed E-state index contributed by atoms with van der Waals surface area (Å²) in [5.41, 5.74) is 4.08. The number of anilines is 3. The average molecular weight is 435 g/mol. The smallest absolute Gasteiger partial charge is 0.229 e. The summed E-state index contributed by atoms with van der Waals surface area (Å²) in [5.74, 6) is 1.47. The summed E-state index contributed by atoms with van der Waals surface area (Å²) in [6.07, 6.45) is 7.65. The van der Waals surface area contributed by atoms with Crippen molar-refractivity contribution in [3.8, 4) is 5.69 Å². The SMILES string of the molecule is C/C=C\C(=C/C)C1CNCc2c(NC)nc(Nc3ccc(-n4ncnc4C)c(F)c3)nc21. The summed E-state index contributed by atoms with van der Waals surface area (Å²) < 4.78 is 16.3. The highest BCUT2D eigenvalue weighted by Gasteiger charge is 2.27. The van der Waals surface area contributed by atoms with Crippen molar-refractivity contribution in [2.45, 2.75) is 33.2 Å². The Morgan fingerprint density at radius 3 is 2.78 bits per heavy atom. The zero-order valence-electron chi connectivity index (χ0n) is 18.6. The molecule has 0 saturated carbocycles. The molecule has 8 nitrogen and oxygen atoms in total. The van der Waals surface area contributed by atoms with Gasteiger partial charge in [-0.3, -0.25) is 0 Å². The van der Waals surface area contributed by atoms with Crippen LogP contribution < -0.4 is 16.0 Å². The highest BCUT2D eigenvalue weighted by atomic mass is 19.1. The van der Waals surface area contributed by atoms with E-state index in [0.717, 1.165) is 23.6 Å². The highest BCUT2D eigenvalue weighted by molar-refractivity contribution is 5.60. The number of nitrogens with one attached hydrogen (secondary N) is 3. The fraction of sp³-hybridized carbons (Fsp3) is 0.304. The molecule has 3 heterocycles. The maximum atomic E-state index is 14.8. The fourth-order valence-electron chi connectivity index (χ4n) is 3.97. The minimum Gasteiger partial charge on any atom is -0.373 e. The molecule has 3 aromatic rings. The molecular formula is C23H27FN8. The molecule has 1 aliphatic rings. The monoisotopic (exact) mass is 434 g/mol. The van der Waals surface area contributed by atoms with Gasteiger partial charge in [0.25, 0.3) is 0 Å². The number of fused-ring (bicyclic) bond motifs is 1. The van der Waals surface area contributed by atoms with Gasteiger partial charge >= 0.3 is 0 Å². The number of hydrogen-bond acceptors (Lipinski definition) is 7. The number of halogens is 1. The van der Waals surface area contributed by atoms with E-state index in [2.05, 4.69) is 43.2 Å². The van der Waals surface area contributed by atoms with Gasteiger partial charge in [-0.2, -0.15) is 10.1 Å². The number of benzene rings is 1. The van der Waals surface area contributed by atoms with Crippen molar-refractivity contribution in [3.05, 3.63) is 71.2 Å². The molecule has 9 heteroatoms. The van der Waals surface area contributed by atoms with Crippen molar-refractivity contribution in [3.63, 3.8) is 0 Å². The van der Waals surface area contributed by atoms with Crippen molar-refractivity contribution in [2.75, 3.05) is 24.2 Å². The predicted octanol–water partition coefficient (Wildman–Crippen LogP) is 4.00. The van der Waals surface area contributed by atoms with Crippen LogP contribution in [-0.4, -0.2) is 38.3 Å². The maximum Gasteiger partial charge on any atom is 0.229 e. The summed E-state index contributed by atoms with van der Waals surface area (Å²) in [4.78, 5) is 13.5. The average Bonchev–Trinajstić information content (AvgIpc) is 3.22. The molecule has 0 aliphatic carbocycles. The molecule has 2 aromatic heterocycles. The Morgan fingerprint density at radius 1 is 1.28 bits per heavy atom. The van der Waals surface area contributed by atoms with Crippen molar-refractivity contribution in [1.82, 2.24) is 30.0 Å². The van der Waals surface area contributed by atoms with E-state index in [0.29, 0.717) is 29.7 Å². The Hall–Kier alpha value is -3.59. The quantitative estimate of drug-likeness (QED) is 0.505. The van der Waals surface area contributed by atoms with Crippen LogP contribution >= 0.6 is 0 Å². The van der Waals surface area contributed by atoms with E-state index in [1.807, 2.05) is 27.0 Å². The van der Waals surface area contributed by atoms with Gasteiger partial charge in [-0.1, -0.05) is 18.2 Å². The largest absolute Gasteiger partial charge is 0.373 e. The van der Waals surface area contributed by atoms with Gasteiger partial charge < -0.3 is 16.0 Å². The fourth-order valence-corrected chi connectivity index (χ4v) is 3.97. The third kappa shape index (κ3) is 4.11. The second-order valence-corrected chi connectivity index (χ2v) is 7.49. The first-order valence-corrected chi connectivity index (χ1v) is 10.6. The first-order valence-electron chi connectivity index (χ1n) is 10.6. The van der Waals surface area contributed by atoms with Gasteiger partial charge in [0.15, 0.2) is 5.82 Å². The van der Waals surface area contributed by atoms with Crippen LogP contribution in [0.4, 0.5) is 21.8 Å². The van der Waals surface area contributed by atoms with Crippen molar-refractivity contribution < 1.29 is 4.39 Å². The van der Waals surface area contributed by atoms with E-state index in [9.17, 15) is 4.39 Å². The molecule has 1 unspecified atom stereocenters. The van der Waals surface area contributed by atoms with Crippen LogP contribution in [0.25, 0.3) is 5.69 Å². The first kappa shape index (κ1) is 21.6. The molecule has 0 fully saturated rings. The Morgan fingerprint density at radius 2 is 2.12 bits per heavy atom. The summed E-state index contributed by atoms with van der Waals surface area (Å²) in [7, 11) is 1.84. The van der Waals surface area contributed by atoms with Crippen LogP contribution in [0.1, 0.15) is 36.8 Å². The van der Waals surface area contributed by atoms with E-state index in [4.69, 9.17) is 4.98 Å². The Kier molecular flexibility index (Phi) is 6.27. The van der Waals surface area contributed by atoms with E-state index in [-0.39, 0.29) is 5.92 Å². The molecule has 166 valence electrons. The van der Waals surface area contributed by atoms with Gasteiger partial charge in [0.1, 0.15) is 23.7 Å². The first-order chi connectivity index (χ1) is 15.5. The number of hydrogen-bond donors (Lipinski definition) is 3. The highest BCUT2D eigenvalue weighted by Crippen LogP contribution is 2.34. The van der Waals surface area contributed by atoms with Gasteiger partial charge in [0.05, 0.1) is 5.69 Å². The second-order valence-electron chi connectivity index (χ2n) is 7.49. The van der Waals surface area contributed by atoms with Crippen LogP contribution in [0, 0.1) is 12.7 Å². The summed E-state index contributed by atoms with van der Waals surface area (Å²) in [6.45, 7) is 7.29. The number of rotatable bonds is 6. The summed E-state index contributed by atoms with van der Waals surface area (Å²) in [5, 5.41) is 13.9. The standard InChI is InChI=1S/C23H27FN8/c1-5-7-15(6-2)17-11-26-12-18-21(17)30-23(31-22(18)25-4)29-16-8-9-20(19(24)10-16)32-14(3)27-13-28-32/h5-10,13,17,26H,11-12H2,1-4H3,(H2,25,29,30,31)/b7-5-,15-6+. The van der Waals surface area contributed by atoms with E-state index >= 15 is 0 Å². The normalized spacial score (nSPS) is 16.3. The van der Waals surface area contributed by atoms with E-state index in [1.165, 1.54) is 22.6 Å². The number of aromatic nitrogens is 5. The van der Waals surface area contributed by atoms with Crippen LogP contribution in [0.15, 0.2) is 48.3 Å². The zero-order valence-corrected chi connectivity index (χ0v) is 18.6. The lowest BCUT2D eigenvalue weighted by Gasteiger charge is -2.28. The molecule has 0 bridgehead atoms. The molecule has 4 rings (SSSR count). The minimum atomic E-state index is -0.415. The molecule has 0 saturated heterocycles. The second kappa shape index (κ2) is 9.27. The Balaban J connectivity index is 1.69. The zero-order chi connectivity index (χ0) is 22.7. The van der Waals surface area contributed by atoms with Gasteiger partial charge in [-0.15, -0.1) is 0 Å². The predicted molar refractivity (Wildman–Crippen MR) is 124 cm³/mol. The lowest BCUT2D eigenvalue weighted by Crippen LogP contribution is -2.31. The lowest BCUT2D eigenvalue weighted by molar-refractivity contribution is 0.575.